The molecular weight excluding hydrogens is 757 g/mol. The highest BCUT2D eigenvalue weighted by Crippen LogP contribution is 2.42. The normalized spacial score (nSPS) is 11.5. The minimum Gasteiger partial charge on any atom is -0.292 e. The number of fused-ring (bicyclic) bond motifs is 7. The van der Waals surface area contributed by atoms with Gasteiger partial charge in [0.25, 0.3) is 0 Å². The monoisotopic (exact) mass is 792 g/mol. The van der Waals surface area contributed by atoms with E-state index in [1.165, 1.54) is 0 Å². The van der Waals surface area contributed by atoms with E-state index in [9.17, 15) is 0 Å². The molecule has 4 aromatic heterocycles. The van der Waals surface area contributed by atoms with Crippen LogP contribution in [0.4, 0.5) is 0 Å². The lowest BCUT2D eigenvalue weighted by molar-refractivity contribution is 0.953. The van der Waals surface area contributed by atoms with E-state index in [4.69, 9.17) is 19.9 Å². The number of hydrogen-bond donors (Lipinski definition) is 0. The van der Waals surface area contributed by atoms with Gasteiger partial charge in [0.05, 0.1) is 27.8 Å². The maximum atomic E-state index is 5.39. The van der Waals surface area contributed by atoms with Crippen LogP contribution in [0.15, 0.2) is 218 Å². The molecule has 8 aromatic carbocycles. The smallest absolute Gasteiger partial charge is 0.238 e. The second-order valence-corrected chi connectivity index (χ2v) is 15.5. The number of hydrogen-bond acceptors (Lipinski definition) is 4. The summed E-state index contributed by atoms with van der Waals surface area (Å²) in [5.74, 6) is 2.54. The Balaban J connectivity index is 1.18. The second kappa shape index (κ2) is 14.7. The fourth-order valence-electron chi connectivity index (χ4n) is 8.88. The minimum atomic E-state index is 0.531. The first-order valence-electron chi connectivity index (χ1n) is 20.8. The fourth-order valence-corrected chi connectivity index (χ4v) is 8.88. The number of rotatable bonds is 7. The highest BCUT2D eigenvalue weighted by molar-refractivity contribution is 6.24. The third kappa shape index (κ3) is 5.96. The van der Waals surface area contributed by atoms with Crippen molar-refractivity contribution in [3.05, 3.63) is 218 Å². The summed E-state index contributed by atoms with van der Waals surface area (Å²) in [4.78, 5) is 21.2. The molecule has 0 bridgehead atoms. The molecule has 4 heterocycles. The molecule has 0 unspecified atom stereocenters. The quantitative estimate of drug-likeness (QED) is 0.161. The molecular formula is C56H36N6. The first-order chi connectivity index (χ1) is 30.7. The van der Waals surface area contributed by atoms with Crippen molar-refractivity contribution in [1.29, 1.82) is 0 Å². The van der Waals surface area contributed by atoms with Crippen molar-refractivity contribution in [1.82, 2.24) is 29.1 Å². The second-order valence-electron chi connectivity index (χ2n) is 15.5. The molecule has 6 nitrogen and oxygen atoms in total. The predicted molar refractivity (Wildman–Crippen MR) is 253 cm³/mol. The molecule has 0 saturated heterocycles. The van der Waals surface area contributed by atoms with Gasteiger partial charge in [0.15, 0.2) is 11.6 Å². The molecule has 0 saturated carbocycles. The molecule has 0 aliphatic carbocycles. The summed E-state index contributed by atoms with van der Waals surface area (Å²) >= 11 is 0. The Morgan fingerprint density at radius 3 is 1.44 bits per heavy atom. The van der Waals surface area contributed by atoms with E-state index in [1.807, 2.05) is 30.3 Å². The van der Waals surface area contributed by atoms with Crippen LogP contribution in [0.2, 0.25) is 0 Å². The number of pyridine rings is 1. The maximum absolute atomic E-state index is 5.39. The van der Waals surface area contributed by atoms with Crippen LogP contribution in [0.1, 0.15) is 0 Å². The standard InChI is InChI=1S/C56H36N6/c1-5-16-37(17-6-1)39-28-30-42(31-29-39)55-58-54(41-22-11-4-12-23-41)59-56(60-55)62-50-35-32-43(38-18-7-2-8-19-38)36-47(50)46-34-33-45-44-24-13-14-26-49(44)61(52(45)53(46)62)51-27-15-25-48(57-51)40-20-9-3-10-21-40/h1-36H. The van der Waals surface area contributed by atoms with E-state index in [0.29, 0.717) is 17.6 Å². The van der Waals surface area contributed by atoms with Crippen LogP contribution in [-0.2, 0) is 0 Å². The van der Waals surface area contributed by atoms with Crippen molar-refractivity contribution in [2.75, 3.05) is 0 Å². The van der Waals surface area contributed by atoms with Gasteiger partial charge in [-0.25, -0.2) is 9.97 Å². The van der Waals surface area contributed by atoms with Gasteiger partial charge in [-0.2, -0.15) is 9.97 Å². The maximum Gasteiger partial charge on any atom is 0.238 e. The van der Waals surface area contributed by atoms with Gasteiger partial charge in [-0.15, -0.1) is 0 Å². The Bertz CT molecular complexity index is 3600. The zero-order chi connectivity index (χ0) is 41.0. The van der Waals surface area contributed by atoms with Crippen molar-refractivity contribution in [2.45, 2.75) is 0 Å². The Kier molecular flexibility index (Phi) is 8.38. The summed E-state index contributed by atoms with van der Waals surface area (Å²) in [5, 5.41) is 4.44. The fraction of sp³-hybridized carbons (Fsp3) is 0. The zero-order valence-corrected chi connectivity index (χ0v) is 33.5. The molecule has 12 aromatic rings. The van der Waals surface area contributed by atoms with Crippen LogP contribution in [0.3, 0.4) is 0 Å². The first kappa shape index (κ1) is 35.5. The topological polar surface area (TPSA) is 61.4 Å². The van der Waals surface area contributed by atoms with Gasteiger partial charge >= 0.3 is 0 Å². The van der Waals surface area contributed by atoms with Crippen LogP contribution in [-0.4, -0.2) is 29.1 Å². The number of nitrogens with zero attached hydrogens (tertiary/aromatic N) is 6. The zero-order valence-electron chi connectivity index (χ0n) is 33.5. The van der Waals surface area contributed by atoms with Gasteiger partial charge in [-0.05, 0) is 52.6 Å². The molecule has 0 aliphatic heterocycles. The van der Waals surface area contributed by atoms with E-state index in [-0.39, 0.29) is 0 Å². The lowest BCUT2D eigenvalue weighted by atomic mass is 10.0. The highest BCUT2D eigenvalue weighted by atomic mass is 15.2. The van der Waals surface area contributed by atoms with Crippen molar-refractivity contribution in [3.8, 4) is 68.1 Å². The molecule has 12 rings (SSSR count). The molecule has 0 spiro atoms. The molecule has 0 atom stereocenters. The van der Waals surface area contributed by atoms with E-state index < -0.39 is 0 Å². The van der Waals surface area contributed by atoms with Gasteiger partial charge in [-0.1, -0.05) is 188 Å². The number of aromatic nitrogens is 6. The Morgan fingerprint density at radius 1 is 0.274 bits per heavy atom. The third-order valence-corrected chi connectivity index (χ3v) is 11.8. The molecule has 0 N–H and O–H groups in total. The molecule has 290 valence electrons. The van der Waals surface area contributed by atoms with E-state index in [2.05, 4.69) is 197 Å². The Labute approximate surface area is 357 Å². The average molecular weight is 793 g/mol. The van der Waals surface area contributed by atoms with E-state index in [0.717, 1.165) is 94.1 Å². The molecule has 62 heavy (non-hydrogen) atoms. The summed E-state index contributed by atoms with van der Waals surface area (Å²) in [6, 6.07) is 76.1. The number of para-hydroxylation sites is 1. The SMILES string of the molecule is c1ccc(-c2ccc(-c3nc(-c4ccccc4)nc(-n4c5ccc(-c6ccccc6)cc5c5ccc6c7ccccc7n(-c7cccc(-c8ccccc8)n7)c6c54)n3)cc2)cc1. The van der Waals surface area contributed by atoms with Gasteiger partial charge in [-0.3, -0.25) is 9.13 Å². The first-order valence-corrected chi connectivity index (χ1v) is 20.8. The molecule has 0 aliphatic rings. The van der Waals surface area contributed by atoms with Crippen LogP contribution in [0.25, 0.3) is 112 Å². The summed E-state index contributed by atoms with van der Waals surface area (Å²) in [5.41, 5.74) is 12.4. The molecule has 0 fully saturated rings. The van der Waals surface area contributed by atoms with Crippen LogP contribution < -0.4 is 0 Å². The molecule has 0 amide bonds. The van der Waals surface area contributed by atoms with Crippen molar-refractivity contribution < 1.29 is 0 Å². The van der Waals surface area contributed by atoms with E-state index >= 15 is 0 Å². The van der Waals surface area contributed by atoms with Crippen LogP contribution >= 0.6 is 0 Å². The lowest BCUT2D eigenvalue weighted by Crippen LogP contribution is -2.07. The lowest BCUT2D eigenvalue weighted by Gasteiger charge is -2.13. The van der Waals surface area contributed by atoms with Crippen LogP contribution in [0.5, 0.6) is 0 Å². The summed E-state index contributed by atoms with van der Waals surface area (Å²) in [7, 11) is 0. The summed E-state index contributed by atoms with van der Waals surface area (Å²) in [6.07, 6.45) is 0. The van der Waals surface area contributed by atoms with Crippen molar-refractivity contribution >= 4 is 43.6 Å². The summed E-state index contributed by atoms with van der Waals surface area (Å²) in [6.45, 7) is 0. The summed E-state index contributed by atoms with van der Waals surface area (Å²) < 4.78 is 4.56. The minimum absolute atomic E-state index is 0.531. The van der Waals surface area contributed by atoms with Gasteiger partial charge in [0.2, 0.25) is 5.95 Å². The number of benzene rings is 8. The average Bonchev–Trinajstić information content (AvgIpc) is 3.88. The third-order valence-electron chi connectivity index (χ3n) is 11.8. The van der Waals surface area contributed by atoms with Crippen molar-refractivity contribution in [2.24, 2.45) is 0 Å². The predicted octanol–water partition coefficient (Wildman–Crippen LogP) is 13.8. The highest BCUT2D eigenvalue weighted by Gasteiger charge is 2.24. The van der Waals surface area contributed by atoms with Crippen LogP contribution in [0, 0.1) is 0 Å². The van der Waals surface area contributed by atoms with Gasteiger partial charge in [0, 0.05) is 38.2 Å². The molecule has 0 radical (unpaired) electrons. The van der Waals surface area contributed by atoms with Gasteiger partial charge < -0.3 is 0 Å². The Morgan fingerprint density at radius 2 is 0.758 bits per heavy atom. The molecule has 6 heteroatoms. The largest absolute Gasteiger partial charge is 0.292 e. The van der Waals surface area contributed by atoms with Gasteiger partial charge in [0.1, 0.15) is 5.82 Å². The van der Waals surface area contributed by atoms with Crippen molar-refractivity contribution in [3.63, 3.8) is 0 Å². The Hall–Kier alpha value is -8.48. The van der Waals surface area contributed by atoms with E-state index in [1.54, 1.807) is 0 Å².